The number of nitrogens with zero attached hydrogens (tertiary/aromatic N) is 3. The zero-order valence-corrected chi connectivity index (χ0v) is 25.0. The Balaban J connectivity index is 0.000000101. The van der Waals surface area contributed by atoms with Crippen LogP contribution in [0.1, 0.15) is 103 Å². The molecule has 0 radical (unpaired) electrons. The van der Waals surface area contributed by atoms with Gasteiger partial charge in [-0.25, -0.2) is 0 Å². The lowest BCUT2D eigenvalue weighted by molar-refractivity contribution is 0.0727. The van der Waals surface area contributed by atoms with Crippen molar-refractivity contribution in [2.75, 3.05) is 47.3 Å². The molecule has 0 amide bonds. The fourth-order valence-corrected chi connectivity index (χ4v) is 9.29. The first-order chi connectivity index (χ1) is 18.0. The maximum atomic E-state index is 3.59. The molecule has 9 fully saturated rings. The molecule has 7 saturated heterocycles. The van der Waals surface area contributed by atoms with E-state index in [1.807, 2.05) is 0 Å². The van der Waals surface area contributed by atoms with Gasteiger partial charge >= 0.3 is 0 Å². The Bertz CT molecular complexity index is 658. The maximum Gasteiger partial charge on any atom is 0.0258 e. The van der Waals surface area contributed by atoms with Crippen LogP contribution in [0.15, 0.2) is 0 Å². The highest BCUT2D eigenvalue weighted by Gasteiger charge is 2.36. The highest BCUT2D eigenvalue weighted by Crippen LogP contribution is 2.36. The van der Waals surface area contributed by atoms with Crippen LogP contribution in [0.25, 0.3) is 0 Å². The van der Waals surface area contributed by atoms with Crippen molar-refractivity contribution in [3.05, 3.63) is 0 Å². The van der Waals surface area contributed by atoms with E-state index in [0.717, 1.165) is 54.0 Å². The van der Waals surface area contributed by atoms with Crippen LogP contribution in [0.3, 0.4) is 0 Å². The zero-order valence-electron chi connectivity index (χ0n) is 25.0. The lowest BCUT2D eigenvalue weighted by Crippen LogP contribution is -2.46. The molecule has 5 nitrogen and oxygen atoms in total. The van der Waals surface area contributed by atoms with Crippen LogP contribution in [0, 0.1) is 17.8 Å². The normalized spacial score (nSPS) is 44.6. The second-order valence-corrected chi connectivity index (χ2v) is 14.3. The first-order valence-corrected chi connectivity index (χ1v) is 16.6. The van der Waals surface area contributed by atoms with Gasteiger partial charge in [-0.2, -0.15) is 0 Å². The van der Waals surface area contributed by atoms with Gasteiger partial charge in [0.15, 0.2) is 0 Å². The summed E-state index contributed by atoms with van der Waals surface area (Å²) in [7, 11) is 6.80. The minimum atomic E-state index is 0.818. The van der Waals surface area contributed by atoms with Crippen LogP contribution < -0.4 is 10.6 Å². The summed E-state index contributed by atoms with van der Waals surface area (Å²) in [5, 5.41) is 7.14. The maximum absolute atomic E-state index is 3.59. The predicted octanol–water partition coefficient (Wildman–Crippen LogP) is 4.96. The summed E-state index contributed by atoms with van der Waals surface area (Å²) in [6, 6.07) is 5.46. The number of likely N-dealkylation sites (tertiary alicyclic amines) is 1. The standard InChI is InChI=1S/C9H17N.C8H16N2.C8H15N.C7H13N/c1-7-2-3-8-4-5-10-9(8)6-7;1-10-6-2-3-7-8(10)4-5-9-7;1-9-6-7-2-4-8(9)5-3-7;1-8-6-2-3-7(8)5-4-6/h7-10H,2-6H2,1H3;7-9H,2-6H2,1H3;7-8H,2-6H2,1H3;6-7H,2-5H2,1H3. The number of likely N-dealkylation sites (N-methyl/N-ethyl adjacent to an activating group) is 1. The minimum absolute atomic E-state index is 0.818. The lowest BCUT2D eigenvalue weighted by Gasteiger charge is -2.43. The number of rotatable bonds is 0. The van der Waals surface area contributed by atoms with Gasteiger partial charge in [-0.3, -0.25) is 0 Å². The highest BCUT2D eigenvalue weighted by molar-refractivity contribution is 4.93. The molecular weight excluding hydrogens is 454 g/mol. The Morgan fingerprint density at radius 3 is 1.78 bits per heavy atom. The van der Waals surface area contributed by atoms with Gasteiger partial charge in [0, 0.05) is 42.8 Å². The van der Waals surface area contributed by atoms with Crippen LogP contribution >= 0.6 is 0 Å². The second-order valence-electron chi connectivity index (χ2n) is 14.3. The molecule has 0 spiro atoms. The fraction of sp³-hybridized carbons (Fsp3) is 1.00. The number of fused-ring (bicyclic) bond motifs is 7. The van der Waals surface area contributed by atoms with Crippen molar-refractivity contribution in [3.8, 4) is 0 Å². The molecule has 9 aliphatic rings. The molecule has 2 N–H and O–H groups in total. The van der Waals surface area contributed by atoms with Crippen LogP contribution in [0.5, 0.6) is 0 Å². The first-order valence-electron chi connectivity index (χ1n) is 16.6. The summed E-state index contributed by atoms with van der Waals surface area (Å²) < 4.78 is 0. The lowest BCUT2D eigenvalue weighted by atomic mass is 9.80. The molecule has 0 aromatic carbocycles. The van der Waals surface area contributed by atoms with E-state index in [-0.39, 0.29) is 0 Å². The van der Waals surface area contributed by atoms with Crippen molar-refractivity contribution < 1.29 is 0 Å². The van der Waals surface area contributed by atoms with E-state index < -0.39 is 0 Å². The Morgan fingerprint density at radius 1 is 0.595 bits per heavy atom. The van der Waals surface area contributed by atoms with Gasteiger partial charge in [0.1, 0.15) is 0 Å². The summed E-state index contributed by atoms with van der Waals surface area (Å²) in [5.74, 6) is 3.07. The summed E-state index contributed by atoms with van der Waals surface area (Å²) in [6.07, 6.45) is 21.8. The topological polar surface area (TPSA) is 33.8 Å². The quantitative estimate of drug-likeness (QED) is 0.477. The van der Waals surface area contributed by atoms with Crippen molar-refractivity contribution in [1.82, 2.24) is 25.3 Å². The molecule has 2 saturated carbocycles. The molecule has 7 aliphatic heterocycles. The number of hydrogen-bond donors (Lipinski definition) is 2. The van der Waals surface area contributed by atoms with E-state index in [1.54, 1.807) is 0 Å². The summed E-state index contributed by atoms with van der Waals surface area (Å²) >= 11 is 0. The largest absolute Gasteiger partial charge is 0.314 e. The molecule has 5 atom stereocenters. The number of nitrogens with one attached hydrogen (secondary N) is 2. The Hall–Kier alpha value is -0.200. The SMILES string of the molecule is CC1CCC2CCNC2C1.CN1C2CCC1CC2.CN1CC2CCC1CC2.CN1CCCC2NCCC21. The average Bonchev–Trinajstić information content (AvgIpc) is 3.72. The van der Waals surface area contributed by atoms with Crippen LogP contribution in [-0.4, -0.2) is 98.3 Å². The van der Waals surface area contributed by atoms with E-state index in [2.05, 4.69) is 53.4 Å². The van der Waals surface area contributed by atoms with Gasteiger partial charge in [0.25, 0.3) is 0 Å². The Morgan fingerprint density at radius 2 is 1.24 bits per heavy atom. The molecule has 4 bridgehead atoms. The molecule has 37 heavy (non-hydrogen) atoms. The fourth-order valence-electron chi connectivity index (χ4n) is 9.29. The van der Waals surface area contributed by atoms with E-state index >= 15 is 0 Å². The highest BCUT2D eigenvalue weighted by atomic mass is 15.2. The molecule has 5 heteroatoms. The molecule has 0 aromatic heterocycles. The summed E-state index contributed by atoms with van der Waals surface area (Å²) in [4.78, 5) is 7.60. The van der Waals surface area contributed by atoms with Gasteiger partial charge < -0.3 is 25.3 Å². The average molecular weight is 516 g/mol. The minimum Gasteiger partial charge on any atom is -0.314 e. The van der Waals surface area contributed by atoms with E-state index in [4.69, 9.17) is 0 Å². The van der Waals surface area contributed by atoms with Gasteiger partial charge in [-0.05, 0) is 148 Å². The summed E-state index contributed by atoms with van der Waals surface area (Å²) in [6.45, 7) is 7.59. The van der Waals surface area contributed by atoms with Gasteiger partial charge in [-0.1, -0.05) is 13.3 Å². The summed E-state index contributed by atoms with van der Waals surface area (Å²) in [5.41, 5.74) is 0. The molecule has 2 aliphatic carbocycles. The smallest absolute Gasteiger partial charge is 0.0258 e. The molecule has 5 unspecified atom stereocenters. The number of hydrogen-bond acceptors (Lipinski definition) is 5. The monoisotopic (exact) mass is 515 g/mol. The van der Waals surface area contributed by atoms with Crippen molar-refractivity contribution in [1.29, 1.82) is 0 Å². The Labute approximate surface area is 229 Å². The van der Waals surface area contributed by atoms with Crippen molar-refractivity contribution >= 4 is 0 Å². The molecule has 9 rings (SSSR count). The van der Waals surface area contributed by atoms with Crippen molar-refractivity contribution in [3.63, 3.8) is 0 Å². The first kappa shape index (κ1) is 28.3. The molecule has 7 heterocycles. The predicted molar refractivity (Wildman–Crippen MR) is 157 cm³/mol. The van der Waals surface area contributed by atoms with Crippen LogP contribution in [-0.2, 0) is 0 Å². The van der Waals surface area contributed by atoms with Gasteiger partial charge in [0.2, 0.25) is 0 Å². The van der Waals surface area contributed by atoms with Crippen LogP contribution in [0.4, 0.5) is 0 Å². The third-order valence-electron chi connectivity index (χ3n) is 11.9. The van der Waals surface area contributed by atoms with E-state index in [1.165, 1.54) is 122 Å². The van der Waals surface area contributed by atoms with E-state index in [9.17, 15) is 0 Å². The van der Waals surface area contributed by atoms with Gasteiger partial charge in [-0.15, -0.1) is 0 Å². The molecule has 0 aromatic rings. The molecule has 214 valence electrons. The number of piperidine rings is 3. The molecular formula is C32H61N5. The van der Waals surface area contributed by atoms with Gasteiger partial charge in [0.05, 0.1) is 0 Å². The van der Waals surface area contributed by atoms with Crippen molar-refractivity contribution in [2.45, 2.75) is 139 Å². The Kier molecular flexibility index (Phi) is 10.3. The second kappa shape index (κ2) is 13.4. The van der Waals surface area contributed by atoms with Crippen LogP contribution in [0.2, 0.25) is 0 Å². The van der Waals surface area contributed by atoms with Crippen molar-refractivity contribution in [2.24, 2.45) is 17.8 Å². The zero-order chi connectivity index (χ0) is 25.8. The van der Waals surface area contributed by atoms with E-state index in [0.29, 0.717) is 0 Å². The third-order valence-corrected chi connectivity index (χ3v) is 11.9. The third kappa shape index (κ3) is 7.31.